The van der Waals surface area contributed by atoms with E-state index in [1.165, 1.54) is 5.01 Å². The molecule has 26 heavy (non-hydrogen) atoms. The van der Waals surface area contributed by atoms with Crippen molar-refractivity contribution in [2.45, 2.75) is 13.8 Å². The fourth-order valence-corrected chi connectivity index (χ4v) is 2.75. The van der Waals surface area contributed by atoms with Gasteiger partial charge in [0.25, 0.3) is 11.8 Å². The molecule has 0 spiro atoms. The third-order valence-electron chi connectivity index (χ3n) is 4.20. The van der Waals surface area contributed by atoms with Crippen LogP contribution in [0, 0.1) is 6.92 Å². The topological polar surface area (TPSA) is 49.4 Å². The molecule has 2 amide bonds. The lowest BCUT2D eigenvalue weighted by molar-refractivity contribution is -0.117. The van der Waals surface area contributed by atoms with Gasteiger partial charge in [0.2, 0.25) is 0 Å². The number of nitrogens with zero attached hydrogens (tertiary/aromatic N) is 1. The zero-order valence-electron chi connectivity index (χ0n) is 14.8. The molecule has 1 N–H and O–H groups in total. The molecule has 0 bridgehead atoms. The smallest absolute Gasteiger partial charge is 0.267 e. The van der Waals surface area contributed by atoms with Crippen LogP contribution in [0.5, 0.6) is 0 Å². The van der Waals surface area contributed by atoms with Gasteiger partial charge in [0, 0.05) is 0 Å². The molecule has 4 nitrogen and oxygen atoms in total. The molecule has 0 unspecified atom stereocenters. The van der Waals surface area contributed by atoms with Gasteiger partial charge in [0.05, 0.1) is 5.69 Å². The summed E-state index contributed by atoms with van der Waals surface area (Å²) in [5.74, 6) is -0.747. The zero-order chi connectivity index (χ0) is 18.5. The Morgan fingerprint density at radius 1 is 0.923 bits per heavy atom. The summed E-state index contributed by atoms with van der Waals surface area (Å²) in [6.07, 6.45) is 9.53. The number of nitrogens with one attached hydrogen (secondary N) is 1. The largest absolute Gasteiger partial charge is 0.282 e. The van der Waals surface area contributed by atoms with Gasteiger partial charge < -0.3 is 0 Å². The average Bonchev–Trinajstić information content (AvgIpc) is 2.93. The molecule has 2 aromatic carbocycles. The number of benzene rings is 2. The molecule has 3 rings (SSSR count). The molecule has 4 heteroatoms. The minimum absolute atomic E-state index is 0.131. The molecule has 2 aromatic rings. The lowest BCUT2D eigenvalue weighted by atomic mass is 9.99. The van der Waals surface area contributed by atoms with Crippen molar-refractivity contribution < 1.29 is 9.59 Å². The molecule has 0 aromatic heterocycles. The number of carbonyl (C=O) groups excluding carboxylic acids is 2. The molecule has 0 atom stereocenters. The fraction of sp³-hybridized carbons (Fsp3) is 0.0909. The van der Waals surface area contributed by atoms with Crippen molar-refractivity contribution >= 4 is 29.7 Å². The first-order chi connectivity index (χ1) is 12.6. The third-order valence-corrected chi connectivity index (χ3v) is 4.20. The first-order valence-electron chi connectivity index (χ1n) is 8.43. The zero-order valence-corrected chi connectivity index (χ0v) is 14.8. The van der Waals surface area contributed by atoms with Crippen LogP contribution in [0.15, 0.2) is 72.3 Å². The van der Waals surface area contributed by atoms with E-state index >= 15 is 0 Å². The maximum Gasteiger partial charge on any atom is 0.282 e. The molecule has 1 aliphatic heterocycles. The maximum atomic E-state index is 12.7. The van der Waals surface area contributed by atoms with Crippen LogP contribution >= 0.6 is 0 Å². The van der Waals surface area contributed by atoms with E-state index in [0.29, 0.717) is 5.69 Å². The van der Waals surface area contributed by atoms with Crippen molar-refractivity contribution in [2.75, 3.05) is 5.01 Å². The highest BCUT2D eigenvalue weighted by Gasteiger charge is 2.34. The van der Waals surface area contributed by atoms with Crippen molar-refractivity contribution in [3.8, 4) is 0 Å². The Balaban J connectivity index is 1.94. The molecule has 1 aliphatic rings. The molecule has 1 saturated heterocycles. The number of amides is 2. The summed E-state index contributed by atoms with van der Waals surface area (Å²) in [7, 11) is 0. The third kappa shape index (κ3) is 3.49. The molecular weight excluding hydrogens is 324 g/mol. The SMILES string of the molecule is C/C=C\C=C/c1cccc(/C=C2/C(=O)NN(c3ccccc3)C2=O)c1C. The molecular formula is C22H20N2O2. The predicted molar refractivity (Wildman–Crippen MR) is 105 cm³/mol. The van der Waals surface area contributed by atoms with Gasteiger partial charge in [0.15, 0.2) is 0 Å². The Bertz CT molecular complexity index is 924. The Kier molecular flexibility index (Phi) is 5.13. The van der Waals surface area contributed by atoms with Crippen molar-refractivity contribution in [1.82, 2.24) is 5.43 Å². The van der Waals surface area contributed by atoms with Crippen molar-refractivity contribution in [3.63, 3.8) is 0 Å². The van der Waals surface area contributed by atoms with E-state index in [2.05, 4.69) is 5.43 Å². The number of hydrogen-bond donors (Lipinski definition) is 1. The van der Waals surface area contributed by atoms with Crippen LogP contribution in [-0.4, -0.2) is 11.8 Å². The molecule has 0 saturated carbocycles. The van der Waals surface area contributed by atoms with E-state index in [0.717, 1.165) is 16.7 Å². The second kappa shape index (κ2) is 7.66. The van der Waals surface area contributed by atoms with Crippen molar-refractivity contribution in [1.29, 1.82) is 0 Å². The predicted octanol–water partition coefficient (Wildman–Crippen LogP) is 4.05. The fourth-order valence-electron chi connectivity index (χ4n) is 2.75. The number of hydrogen-bond acceptors (Lipinski definition) is 2. The first-order valence-corrected chi connectivity index (χ1v) is 8.43. The number of carbonyl (C=O) groups is 2. The van der Waals surface area contributed by atoms with E-state index in [1.54, 1.807) is 18.2 Å². The lowest BCUT2D eigenvalue weighted by Crippen LogP contribution is -2.35. The van der Waals surface area contributed by atoms with Crippen LogP contribution in [-0.2, 0) is 9.59 Å². The van der Waals surface area contributed by atoms with Gasteiger partial charge >= 0.3 is 0 Å². The van der Waals surface area contributed by atoms with E-state index in [-0.39, 0.29) is 11.5 Å². The number of anilines is 1. The minimum atomic E-state index is -0.395. The molecule has 130 valence electrons. The summed E-state index contributed by atoms with van der Waals surface area (Å²) in [5.41, 5.74) is 6.29. The van der Waals surface area contributed by atoms with Gasteiger partial charge in [0.1, 0.15) is 5.57 Å². The summed E-state index contributed by atoms with van der Waals surface area (Å²) >= 11 is 0. The molecule has 0 aliphatic carbocycles. The monoisotopic (exact) mass is 344 g/mol. The first kappa shape index (κ1) is 17.4. The molecule has 1 fully saturated rings. The minimum Gasteiger partial charge on any atom is -0.267 e. The Morgan fingerprint density at radius 3 is 2.38 bits per heavy atom. The Morgan fingerprint density at radius 2 is 1.65 bits per heavy atom. The second-order valence-electron chi connectivity index (χ2n) is 5.92. The van der Waals surface area contributed by atoms with Crippen molar-refractivity contribution in [3.05, 3.63) is 89.0 Å². The lowest BCUT2D eigenvalue weighted by Gasteiger charge is -2.13. The summed E-state index contributed by atoms with van der Waals surface area (Å²) in [5, 5.41) is 1.28. The Hall–Kier alpha value is -3.40. The van der Waals surface area contributed by atoms with E-state index in [4.69, 9.17) is 0 Å². The average molecular weight is 344 g/mol. The van der Waals surface area contributed by atoms with Gasteiger partial charge in [-0.05, 0) is 48.7 Å². The maximum absolute atomic E-state index is 12.7. The number of hydrazine groups is 1. The highest BCUT2D eigenvalue weighted by Crippen LogP contribution is 2.23. The van der Waals surface area contributed by atoms with Gasteiger partial charge in [-0.2, -0.15) is 0 Å². The van der Waals surface area contributed by atoms with Crippen LogP contribution < -0.4 is 10.4 Å². The quantitative estimate of drug-likeness (QED) is 0.517. The number of allylic oxidation sites excluding steroid dienone is 3. The van der Waals surface area contributed by atoms with E-state index in [9.17, 15) is 9.59 Å². The second-order valence-corrected chi connectivity index (χ2v) is 5.92. The summed E-state index contributed by atoms with van der Waals surface area (Å²) in [4.78, 5) is 25.0. The van der Waals surface area contributed by atoms with Crippen molar-refractivity contribution in [2.24, 2.45) is 0 Å². The van der Waals surface area contributed by atoms with Crippen LogP contribution in [0.4, 0.5) is 5.69 Å². The highest BCUT2D eigenvalue weighted by molar-refractivity contribution is 6.31. The molecule has 0 radical (unpaired) electrons. The van der Waals surface area contributed by atoms with Gasteiger partial charge in [-0.1, -0.05) is 60.7 Å². The number of para-hydroxylation sites is 1. The number of rotatable bonds is 4. The summed E-state index contributed by atoms with van der Waals surface area (Å²) in [6, 6.07) is 14.9. The summed E-state index contributed by atoms with van der Waals surface area (Å²) in [6.45, 7) is 3.94. The van der Waals surface area contributed by atoms with Crippen LogP contribution in [0.1, 0.15) is 23.6 Å². The highest BCUT2D eigenvalue weighted by atomic mass is 16.2. The van der Waals surface area contributed by atoms with E-state index in [1.807, 2.05) is 74.5 Å². The van der Waals surface area contributed by atoms with Crippen LogP contribution in [0.3, 0.4) is 0 Å². The summed E-state index contributed by atoms with van der Waals surface area (Å²) < 4.78 is 0. The Labute approximate surface area is 153 Å². The van der Waals surface area contributed by atoms with Gasteiger partial charge in [-0.15, -0.1) is 0 Å². The van der Waals surface area contributed by atoms with E-state index < -0.39 is 5.91 Å². The van der Waals surface area contributed by atoms with Gasteiger partial charge in [-0.25, -0.2) is 5.01 Å². The van der Waals surface area contributed by atoms with Crippen LogP contribution in [0.2, 0.25) is 0 Å². The molecule has 1 heterocycles. The standard InChI is InChI=1S/C22H20N2O2/c1-3-4-6-10-17-11-9-12-18(16(17)2)15-20-21(25)23-24(22(20)26)19-13-7-5-8-14-19/h3-15H,1-2H3,(H,23,25)/b4-3-,10-6-,20-15-. The van der Waals surface area contributed by atoms with Crippen LogP contribution in [0.25, 0.3) is 12.2 Å². The van der Waals surface area contributed by atoms with Gasteiger partial charge in [-0.3, -0.25) is 15.0 Å². The normalized spacial score (nSPS) is 16.2.